The largest absolute Gasteiger partial charge is 0.523 e. The molecule has 0 aromatic rings. The summed E-state index contributed by atoms with van der Waals surface area (Å²) in [5, 5.41) is 0. The number of rotatable bonds is 12. The number of hydrogen-bond acceptors (Lipinski definition) is 3. The Balaban J connectivity index is 5.19. The van der Waals surface area contributed by atoms with Gasteiger partial charge < -0.3 is 9.47 Å². The number of halogens is 8. The van der Waals surface area contributed by atoms with E-state index >= 15 is 4.39 Å². The molecule has 0 bridgehead atoms. The van der Waals surface area contributed by atoms with Gasteiger partial charge in [-0.2, -0.15) is 13.2 Å². The highest BCUT2D eigenvalue weighted by Gasteiger charge is 2.52. The highest BCUT2D eigenvalue weighted by molar-refractivity contribution is 4.96. The van der Waals surface area contributed by atoms with Crippen LogP contribution in [-0.4, -0.2) is 54.9 Å². The summed E-state index contributed by atoms with van der Waals surface area (Å²) in [6.45, 7) is 3.68. The lowest BCUT2D eigenvalue weighted by Crippen LogP contribution is -2.53. The van der Waals surface area contributed by atoms with E-state index in [2.05, 4.69) is 4.74 Å². The van der Waals surface area contributed by atoms with Gasteiger partial charge in [0.25, 0.3) is 0 Å². The van der Waals surface area contributed by atoms with Crippen LogP contribution in [0.15, 0.2) is 0 Å². The van der Waals surface area contributed by atoms with E-state index in [1.54, 1.807) is 0 Å². The van der Waals surface area contributed by atoms with Crippen molar-refractivity contribution >= 4 is 0 Å². The normalized spacial score (nSPS) is 21.7. The summed E-state index contributed by atoms with van der Waals surface area (Å²) >= 11 is 0. The van der Waals surface area contributed by atoms with Gasteiger partial charge in [-0.15, -0.1) is 13.2 Å². The molecule has 0 saturated carbocycles. The smallest absolute Gasteiger partial charge is 0.369 e. The van der Waals surface area contributed by atoms with Gasteiger partial charge in [0.2, 0.25) is 0 Å². The summed E-state index contributed by atoms with van der Waals surface area (Å²) < 4.78 is 119. The predicted octanol–water partition coefficient (Wildman–Crippen LogP) is 6.30. The molecule has 0 aliphatic carbocycles. The molecule has 0 aromatic carbocycles. The van der Waals surface area contributed by atoms with Crippen LogP contribution in [0.5, 0.6) is 0 Å². The predicted molar refractivity (Wildman–Crippen MR) is 91.0 cm³/mol. The first-order chi connectivity index (χ1) is 12.8. The molecule has 0 aromatic heterocycles. The summed E-state index contributed by atoms with van der Waals surface area (Å²) in [4.78, 5) is 0. The van der Waals surface area contributed by atoms with Gasteiger partial charge in [-0.3, -0.25) is 4.74 Å². The van der Waals surface area contributed by atoms with Gasteiger partial charge in [-0.05, 0) is 40.5 Å². The minimum absolute atomic E-state index is 0.0430. The Labute approximate surface area is 166 Å². The molecule has 0 amide bonds. The topological polar surface area (TPSA) is 27.7 Å². The molecule has 4 unspecified atom stereocenters. The minimum Gasteiger partial charge on any atom is -0.369 e. The summed E-state index contributed by atoms with van der Waals surface area (Å²) in [6, 6.07) is 0. The van der Waals surface area contributed by atoms with E-state index in [0.29, 0.717) is 0 Å². The molecule has 4 atom stereocenters. The zero-order valence-corrected chi connectivity index (χ0v) is 17.5. The third kappa shape index (κ3) is 7.82. The van der Waals surface area contributed by atoms with Gasteiger partial charge >= 0.3 is 12.5 Å². The van der Waals surface area contributed by atoms with Crippen molar-refractivity contribution in [1.29, 1.82) is 0 Å². The van der Waals surface area contributed by atoms with Crippen LogP contribution in [0.1, 0.15) is 60.8 Å². The lowest BCUT2D eigenvalue weighted by molar-refractivity contribution is -0.374. The van der Waals surface area contributed by atoms with Crippen LogP contribution in [0.4, 0.5) is 35.1 Å². The molecule has 176 valence electrons. The Hall–Kier alpha value is -0.680. The van der Waals surface area contributed by atoms with E-state index in [1.165, 1.54) is 20.8 Å². The molecule has 11 heteroatoms. The molecule has 0 aliphatic rings. The molecule has 0 radical (unpaired) electrons. The van der Waals surface area contributed by atoms with Gasteiger partial charge in [-0.1, -0.05) is 13.8 Å². The van der Waals surface area contributed by atoms with Crippen LogP contribution in [-0.2, 0) is 14.2 Å². The first-order valence-corrected chi connectivity index (χ1v) is 9.17. The molecule has 0 rings (SSSR count). The summed E-state index contributed by atoms with van der Waals surface area (Å²) in [6.07, 6.45) is -10.7. The van der Waals surface area contributed by atoms with Crippen LogP contribution in [0.3, 0.4) is 0 Å². The molecular formula is C18H30F8O3. The van der Waals surface area contributed by atoms with Crippen molar-refractivity contribution in [3.63, 3.8) is 0 Å². The Kier molecular flexibility index (Phi) is 9.41. The van der Waals surface area contributed by atoms with E-state index in [0.717, 1.165) is 20.8 Å². The van der Waals surface area contributed by atoms with Gasteiger partial charge in [-0.25, -0.2) is 8.78 Å². The van der Waals surface area contributed by atoms with E-state index in [-0.39, 0.29) is 12.8 Å². The van der Waals surface area contributed by atoms with Gasteiger partial charge in [0.05, 0.1) is 18.8 Å². The molecule has 0 saturated heterocycles. The SMILES string of the molecule is CCC(C)(OCCC(C)(F)C(C)(CC)OCC(C)(CF)OC(F)(F)F)C(F)(F)F. The molecule has 3 nitrogen and oxygen atoms in total. The van der Waals surface area contributed by atoms with E-state index in [1.807, 2.05) is 0 Å². The second-order valence-corrected chi connectivity index (χ2v) is 7.88. The van der Waals surface area contributed by atoms with Crippen molar-refractivity contribution < 1.29 is 49.3 Å². The zero-order valence-electron chi connectivity index (χ0n) is 17.5. The maximum absolute atomic E-state index is 15.3. The second-order valence-electron chi connectivity index (χ2n) is 7.88. The first-order valence-electron chi connectivity index (χ1n) is 9.17. The van der Waals surface area contributed by atoms with Crippen LogP contribution in [0.25, 0.3) is 0 Å². The highest BCUT2D eigenvalue weighted by atomic mass is 19.4. The molecular weight excluding hydrogens is 416 g/mol. The van der Waals surface area contributed by atoms with Crippen molar-refractivity contribution in [2.45, 2.75) is 95.8 Å². The quantitative estimate of drug-likeness (QED) is 0.329. The maximum Gasteiger partial charge on any atom is 0.523 e. The summed E-state index contributed by atoms with van der Waals surface area (Å²) in [7, 11) is 0. The third-order valence-electron chi connectivity index (χ3n) is 5.38. The van der Waals surface area contributed by atoms with Crippen molar-refractivity contribution in [1.82, 2.24) is 0 Å². The number of hydrogen-bond donors (Lipinski definition) is 0. The summed E-state index contributed by atoms with van der Waals surface area (Å²) in [5.74, 6) is 0. The average molecular weight is 446 g/mol. The van der Waals surface area contributed by atoms with Crippen molar-refractivity contribution in [3.05, 3.63) is 0 Å². The summed E-state index contributed by atoms with van der Waals surface area (Å²) in [5.41, 5.74) is -8.85. The van der Waals surface area contributed by atoms with Crippen molar-refractivity contribution in [2.75, 3.05) is 19.9 Å². The minimum atomic E-state index is -5.12. The van der Waals surface area contributed by atoms with Gasteiger partial charge in [0, 0.05) is 6.42 Å². The monoisotopic (exact) mass is 446 g/mol. The molecule has 0 heterocycles. The van der Waals surface area contributed by atoms with Gasteiger partial charge in [0.1, 0.15) is 17.9 Å². The van der Waals surface area contributed by atoms with Crippen molar-refractivity contribution in [2.24, 2.45) is 0 Å². The zero-order chi connectivity index (χ0) is 23.4. The first kappa shape index (κ1) is 28.3. The van der Waals surface area contributed by atoms with E-state index in [4.69, 9.17) is 9.47 Å². The molecule has 0 fully saturated rings. The fraction of sp³-hybridized carbons (Fsp3) is 1.00. The fourth-order valence-corrected chi connectivity index (χ4v) is 2.42. The van der Waals surface area contributed by atoms with Crippen LogP contribution < -0.4 is 0 Å². The standard InChI is InChI=1S/C18H30F8O3/c1-7-15(5,28-12-13(3,11-19)29-18(24,25)26)14(4,20)9-10-27-16(6,8-2)17(21,22)23/h7-12H2,1-6H3. The van der Waals surface area contributed by atoms with Gasteiger partial charge in [0.15, 0.2) is 5.60 Å². The highest BCUT2D eigenvalue weighted by Crippen LogP contribution is 2.40. The lowest BCUT2D eigenvalue weighted by Gasteiger charge is -2.42. The Morgan fingerprint density at radius 1 is 0.724 bits per heavy atom. The fourth-order valence-electron chi connectivity index (χ4n) is 2.42. The third-order valence-corrected chi connectivity index (χ3v) is 5.38. The Bertz CT molecular complexity index is 508. The number of ether oxygens (including phenoxy) is 3. The van der Waals surface area contributed by atoms with Crippen LogP contribution >= 0.6 is 0 Å². The molecule has 29 heavy (non-hydrogen) atoms. The van der Waals surface area contributed by atoms with Crippen molar-refractivity contribution in [3.8, 4) is 0 Å². The van der Waals surface area contributed by atoms with E-state index < -0.39 is 61.3 Å². The van der Waals surface area contributed by atoms with Crippen LogP contribution in [0, 0.1) is 0 Å². The molecule has 0 aliphatic heterocycles. The Morgan fingerprint density at radius 2 is 1.21 bits per heavy atom. The number of alkyl halides is 8. The molecule has 0 N–H and O–H groups in total. The second kappa shape index (κ2) is 9.64. The molecule has 0 spiro atoms. The lowest BCUT2D eigenvalue weighted by atomic mass is 9.82. The average Bonchev–Trinajstić information content (AvgIpc) is 2.56. The van der Waals surface area contributed by atoms with E-state index in [9.17, 15) is 30.7 Å². The Morgan fingerprint density at radius 3 is 1.55 bits per heavy atom. The van der Waals surface area contributed by atoms with Crippen LogP contribution in [0.2, 0.25) is 0 Å². The maximum atomic E-state index is 15.3.